The number of aromatic nitrogens is 3. The van der Waals surface area contributed by atoms with E-state index in [1.807, 2.05) is 85.3 Å². The highest BCUT2D eigenvalue weighted by Gasteiger charge is 2.51. The first-order valence-electron chi connectivity index (χ1n) is 20.6. The van der Waals surface area contributed by atoms with Crippen molar-refractivity contribution < 1.29 is 36.8 Å². The molecule has 5 aromatic carbocycles. The van der Waals surface area contributed by atoms with E-state index in [1.54, 1.807) is 6.92 Å². The number of aryl methyl sites for hydroxylation is 3. The Kier molecular flexibility index (Phi) is 12.8. The highest BCUT2D eigenvalue weighted by atomic mass is 32.2. The van der Waals surface area contributed by atoms with Gasteiger partial charge in [0.15, 0.2) is 0 Å². The van der Waals surface area contributed by atoms with Crippen molar-refractivity contribution in [3.63, 3.8) is 0 Å². The minimum absolute atomic E-state index is 0.0173. The molecule has 0 fully saturated rings. The maximum absolute atomic E-state index is 13.2. The predicted molar refractivity (Wildman–Crippen MR) is 238 cm³/mol. The van der Waals surface area contributed by atoms with Gasteiger partial charge in [0.25, 0.3) is 8.32 Å². The molecule has 61 heavy (non-hydrogen) atoms. The number of aliphatic hydroxyl groups is 1. The lowest BCUT2D eigenvalue weighted by Crippen LogP contribution is -2.68. The summed E-state index contributed by atoms with van der Waals surface area (Å²) in [6, 6.07) is 34.9. The number of nitrogens with zero attached hydrogens (tertiary/aromatic N) is 4. The van der Waals surface area contributed by atoms with Gasteiger partial charge in [0, 0.05) is 31.1 Å². The number of carbonyl (C=O) groups is 1. The number of fused-ring (bicyclic) bond motifs is 2. The fourth-order valence-corrected chi connectivity index (χ4v) is 14.3. The van der Waals surface area contributed by atoms with Crippen LogP contribution in [0.5, 0.6) is 11.5 Å². The number of hydrogen-bond donors (Lipinski definition) is 2. The van der Waals surface area contributed by atoms with Crippen LogP contribution in [0.25, 0.3) is 11.0 Å². The van der Waals surface area contributed by atoms with Crippen LogP contribution in [0.15, 0.2) is 109 Å². The smallest absolute Gasteiger partial charge is 0.385 e. The van der Waals surface area contributed by atoms with Crippen LogP contribution in [-0.2, 0) is 43.9 Å². The van der Waals surface area contributed by atoms with E-state index in [1.165, 1.54) is 22.5 Å². The Morgan fingerprint density at radius 3 is 2.26 bits per heavy atom. The first-order chi connectivity index (χ1) is 29.1. The van der Waals surface area contributed by atoms with Gasteiger partial charge in [-0.3, -0.25) is 4.79 Å². The summed E-state index contributed by atoms with van der Waals surface area (Å²) in [4.78, 5) is 13.2. The monoisotopic (exact) mass is 862 g/mol. The molecule has 0 amide bonds. The van der Waals surface area contributed by atoms with Gasteiger partial charge in [-0.2, -0.15) is 12.7 Å². The lowest BCUT2D eigenvalue weighted by atomic mass is 9.84. The molecule has 1 aliphatic heterocycles. The van der Waals surface area contributed by atoms with Crippen molar-refractivity contribution in [1.82, 2.24) is 19.3 Å². The number of benzene rings is 5. The van der Waals surface area contributed by atoms with Crippen LogP contribution in [0.4, 0.5) is 0 Å². The second kappa shape index (κ2) is 17.9. The van der Waals surface area contributed by atoms with E-state index in [0.717, 1.165) is 43.7 Å². The Balaban J connectivity index is 1.17. The van der Waals surface area contributed by atoms with Crippen LogP contribution in [0.2, 0.25) is 5.04 Å². The summed E-state index contributed by atoms with van der Waals surface area (Å²) in [5.74, 6) is -0.604. The summed E-state index contributed by atoms with van der Waals surface area (Å²) in [5, 5.41) is 32.1. The van der Waals surface area contributed by atoms with Crippen LogP contribution >= 0.6 is 0 Å². The van der Waals surface area contributed by atoms with Gasteiger partial charge in [0.05, 0.1) is 31.3 Å². The molecular formula is C47H54N4O8SSi. The van der Waals surface area contributed by atoms with Crippen molar-refractivity contribution in [3.8, 4) is 11.5 Å². The van der Waals surface area contributed by atoms with Gasteiger partial charge in [-0.15, -0.1) is 5.10 Å². The Morgan fingerprint density at radius 1 is 0.934 bits per heavy atom. The molecule has 0 saturated heterocycles. The minimum atomic E-state index is -4.12. The van der Waals surface area contributed by atoms with Crippen LogP contribution in [-0.4, -0.2) is 71.5 Å². The average molecular weight is 863 g/mol. The van der Waals surface area contributed by atoms with Gasteiger partial charge in [0.1, 0.15) is 17.0 Å². The van der Waals surface area contributed by atoms with Gasteiger partial charge < -0.3 is 23.6 Å². The molecule has 1 aliphatic rings. The van der Waals surface area contributed by atoms with E-state index in [9.17, 15) is 23.4 Å². The highest BCUT2D eigenvalue weighted by molar-refractivity contribution is 7.84. The number of phenols is 1. The average Bonchev–Trinajstić information content (AvgIpc) is 3.65. The van der Waals surface area contributed by atoms with Crippen molar-refractivity contribution in [1.29, 1.82) is 0 Å². The molecule has 0 bridgehead atoms. The van der Waals surface area contributed by atoms with Crippen LogP contribution in [0, 0.1) is 13.8 Å². The molecule has 7 rings (SSSR count). The van der Waals surface area contributed by atoms with Crippen LogP contribution in [0.1, 0.15) is 79.8 Å². The largest absolute Gasteiger partial charge is 0.508 e. The van der Waals surface area contributed by atoms with Gasteiger partial charge in [-0.25, -0.2) is 4.68 Å². The van der Waals surface area contributed by atoms with Gasteiger partial charge in [-0.05, 0) is 94.7 Å². The van der Waals surface area contributed by atoms with E-state index >= 15 is 0 Å². The third-order valence-electron chi connectivity index (χ3n) is 11.7. The second-order valence-corrected chi connectivity index (χ2v) is 22.5. The first kappa shape index (κ1) is 43.7. The van der Waals surface area contributed by atoms with Crippen molar-refractivity contribution in [3.05, 3.63) is 143 Å². The molecule has 2 atom stereocenters. The van der Waals surface area contributed by atoms with Crippen molar-refractivity contribution in [2.24, 2.45) is 0 Å². The Hall–Kier alpha value is -5.38. The highest BCUT2D eigenvalue weighted by Crippen LogP contribution is 2.39. The standard InChI is InChI=1S/C47H54N4O8SSi/c1-7-57-45(54)28-42(34-19-18-32(2)35(26-34)29-50-30-36-27-37(53)20-23-44(36)58-60(50,55)56)41-21-22-43-46(33(41)3)48-49-51(43)25-24-38(31-52)59-61(47(4,5)6,39-14-10-8-11-15-39)40-16-12-9-13-17-40/h8-23,26-27,38,42,52-53H,7,24-25,28-31H2,1-6H3/t38-,42?/m1/s1. The van der Waals surface area contributed by atoms with E-state index in [4.69, 9.17) is 13.3 Å². The lowest BCUT2D eigenvalue weighted by molar-refractivity contribution is -0.143. The molecule has 12 nitrogen and oxygen atoms in total. The third-order valence-corrected chi connectivity index (χ3v) is 18.1. The maximum Gasteiger partial charge on any atom is 0.385 e. The zero-order valence-electron chi connectivity index (χ0n) is 35.5. The second-order valence-electron chi connectivity index (χ2n) is 16.7. The number of aromatic hydroxyl groups is 1. The summed E-state index contributed by atoms with van der Waals surface area (Å²) in [6.45, 7) is 12.8. The lowest BCUT2D eigenvalue weighted by Gasteiger charge is -2.45. The predicted octanol–water partition coefficient (Wildman–Crippen LogP) is 6.81. The molecule has 1 unspecified atom stereocenters. The molecule has 6 aromatic rings. The fourth-order valence-electron chi connectivity index (χ4n) is 8.52. The van der Waals surface area contributed by atoms with Gasteiger partial charge in [0.2, 0.25) is 0 Å². The molecule has 2 heterocycles. The summed E-state index contributed by atoms with van der Waals surface area (Å²) in [7, 11) is -7.04. The maximum atomic E-state index is 13.2. The molecule has 0 spiro atoms. The molecule has 14 heteroatoms. The minimum Gasteiger partial charge on any atom is -0.508 e. The van der Waals surface area contributed by atoms with Gasteiger partial charge >= 0.3 is 16.3 Å². The number of ether oxygens (including phenoxy) is 1. The summed E-state index contributed by atoms with van der Waals surface area (Å²) >= 11 is 0. The van der Waals surface area contributed by atoms with E-state index in [-0.39, 0.29) is 55.2 Å². The van der Waals surface area contributed by atoms with Crippen molar-refractivity contribution in [2.75, 3.05) is 13.2 Å². The van der Waals surface area contributed by atoms with E-state index in [0.29, 0.717) is 24.0 Å². The van der Waals surface area contributed by atoms with Crippen molar-refractivity contribution in [2.45, 2.75) is 91.1 Å². The number of carbonyl (C=O) groups excluding carboxylic acids is 1. The molecule has 0 saturated carbocycles. The Bertz CT molecular complexity index is 2580. The zero-order valence-corrected chi connectivity index (χ0v) is 37.4. The summed E-state index contributed by atoms with van der Waals surface area (Å²) < 4.78 is 47.6. The first-order valence-corrected chi connectivity index (χ1v) is 23.9. The molecule has 2 N–H and O–H groups in total. The SMILES string of the molecule is CCOC(=O)CC(c1ccc(C)c(CN2Cc3cc(O)ccc3OS2(=O)=O)c1)c1ccc2c(nnn2CC[C@H](CO)O[Si](c2ccccc2)(c2ccccc2)C(C)(C)C)c1C. The molecule has 320 valence electrons. The van der Waals surface area contributed by atoms with E-state index < -0.39 is 30.6 Å². The summed E-state index contributed by atoms with van der Waals surface area (Å²) in [6.07, 6.45) is 0.0541. The van der Waals surface area contributed by atoms with Crippen molar-refractivity contribution >= 4 is 46.0 Å². The number of rotatable bonds is 15. The molecule has 1 aromatic heterocycles. The third kappa shape index (κ3) is 9.00. The molecule has 0 aliphatic carbocycles. The zero-order chi connectivity index (χ0) is 43.5. The van der Waals surface area contributed by atoms with Gasteiger partial charge in [-0.1, -0.05) is 111 Å². The number of hydrogen-bond acceptors (Lipinski definition) is 10. The number of esters is 1. The number of aliphatic hydroxyl groups excluding tert-OH is 1. The topological polar surface area (TPSA) is 153 Å². The van der Waals surface area contributed by atoms with Crippen LogP contribution < -0.4 is 14.6 Å². The molecule has 0 radical (unpaired) electrons. The van der Waals surface area contributed by atoms with Crippen LogP contribution in [0.3, 0.4) is 0 Å². The Labute approximate surface area is 359 Å². The quantitative estimate of drug-likeness (QED) is 0.0833. The number of phenolic OH excluding ortho intramolecular Hbond substituents is 1. The van der Waals surface area contributed by atoms with E-state index in [2.05, 4.69) is 55.3 Å². The summed E-state index contributed by atoms with van der Waals surface area (Å²) in [5.41, 5.74) is 6.18. The fraction of sp³-hybridized carbons (Fsp3) is 0.340. The normalized spacial score (nSPS) is 15.2. The molecular weight excluding hydrogens is 809 g/mol. The Morgan fingerprint density at radius 2 is 1.62 bits per heavy atom.